The molecule has 102 valence electrons. The number of aryl methyl sites for hydroxylation is 1. The fourth-order valence-electron chi connectivity index (χ4n) is 2.28. The summed E-state index contributed by atoms with van der Waals surface area (Å²) in [6.07, 6.45) is 4.55. The molecule has 4 heteroatoms. The standard InChI is InChI=1S/C15H20FN3/c1-3-17-14(12-6-5-7-13(16)10-12)11-15-18-8-9-19(15)4-2/h5-10,14,17H,3-4,11H2,1-2H3. The van der Waals surface area contributed by atoms with E-state index in [0.29, 0.717) is 0 Å². The molecule has 0 amide bonds. The molecule has 0 aliphatic carbocycles. The first-order valence-electron chi connectivity index (χ1n) is 6.73. The SMILES string of the molecule is CCNC(Cc1nccn1CC)c1cccc(F)c1. The van der Waals surface area contributed by atoms with Crippen molar-refractivity contribution in [3.05, 3.63) is 53.9 Å². The molecule has 2 aromatic rings. The van der Waals surface area contributed by atoms with E-state index in [2.05, 4.69) is 28.7 Å². The highest BCUT2D eigenvalue weighted by Crippen LogP contribution is 2.18. The van der Waals surface area contributed by atoms with Crippen LogP contribution in [0.2, 0.25) is 0 Å². The minimum Gasteiger partial charge on any atom is -0.335 e. The topological polar surface area (TPSA) is 29.9 Å². The van der Waals surface area contributed by atoms with E-state index in [9.17, 15) is 4.39 Å². The van der Waals surface area contributed by atoms with E-state index in [-0.39, 0.29) is 11.9 Å². The van der Waals surface area contributed by atoms with Crippen LogP contribution in [-0.4, -0.2) is 16.1 Å². The van der Waals surface area contributed by atoms with Gasteiger partial charge in [0, 0.05) is 31.4 Å². The second kappa shape index (κ2) is 6.48. The highest BCUT2D eigenvalue weighted by molar-refractivity contribution is 5.21. The Hall–Kier alpha value is -1.68. The van der Waals surface area contributed by atoms with Crippen molar-refractivity contribution < 1.29 is 4.39 Å². The van der Waals surface area contributed by atoms with Crippen LogP contribution in [0.1, 0.15) is 31.3 Å². The van der Waals surface area contributed by atoms with Gasteiger partial charge in [-0.05, 0) is 31.2 Å². The zero-order valence-corrected chi connectivity index (χ0v) is 11.4. The number of likely N-dealkylation sites (N-methyl/N-ethyl adjacent to an activating group) is 1. The molecule has 0 spiro atoms. The summed E-state index contributed by atoms with van der Waals surface area (Å²) in [5.41, 5.74) is 0.965. The van der Waals surface area contributed by atoms with E-state index in [1.54, 1.807) is 12.1 Å². The largest absolute Gasteiger partial charge is 0.335 e. The number of aromatic nitrogens is 2. The average molecular weight is 261 g/mol. The van der Waals surface area contributed by atoms with Crippen molar-refractivity contribution in [2.45, 2.75) is 32.9 Å². The predicted octanol–water partition coefficient (Wildman–Crippen LogP) is 2.94. The van der Waals surface area contributed by atoms with Gasteiger partial charge in [-0.25, -0.2) is 9.37 Å². The summed E-state index contributed by atoms with van der Waals surface area (Å²) in [7, 11) is 0. The Morgan fingerprint density at radius 2 is 2.21 bits per heavy atom. The van der Waals surface area contributed by atoms with Crippen LogP contribution in [0, 0.1) is 5.82 Å². The summed E-state index contributed by atoms with van der Waals surface area (Å²) in [4.78, 5) is 4.39. The molecule has 0 bridgehead atoms. The fraction of sp³-hybridized carbons (Fsp3) is 0.400. The van der Waals surface area contributed by atoms with Gasteiger partial charge in [0.05, 0.1) is 0 Å². The van der Waals surface area contributed by atoms with E-state index in [4.69, 9.17) is 0 Å². The third kappa shape index (κ3) is 3.41. The second-order valence-corrected chi connectivity index (χ2v) is 4.50. The third-order valence-electron chi connectivity index (χ3n) is 3.23. The van der Waals surface area contributed by atoms with Gasteiger partial charge in [0.2, 0.25) is 0 Å². The van der Waals surface area contributed by atoms with E-state index in [0.717, 1.165) is 30.9 Å². The highest BCUT2D eigenvalue weighted by atomic mass is 19.1. The van der Waals surface area contributed by atoms with Crippen molar-refractivity contribution in [2.75, 3.05) is 6.54 Å². The Bertz CT molecular complexity index is 522. The maximum Gasteiger partial charge on any atom is 0.123 e. The second-order valence-electron chi connectivity index (χ2n) is 4.50. The van der Waals surface area contributed by atoms with Gasteiger partial charge >= 0.3 is 0 Å². The van der Waals surface area contributed by atoms with E-state index < -0.39 is 0 Å². The first-order valence-corrected chi connectivity index (χ1v) is 6.73. The smallest absolute Gasteiger partial charge is 0.123 e. The molecule has 3 nitrogen and oxygen atoms in total. The molecule has 0 fully saturated rings. The monoisotopic (exact) mass is 261 g/mol. The minimum atomic E-state index is -0.195. The Balaban J connectivity index is 2.21. The van der Waals surface area contributed by atoms with Gasteiger partial charge in [-0.1, -0.05) is 19.1 Å². The molecule has 0 aliphatic heterocycles. The quantitative estimate of drug-likeness (QED) is 0.866. The Kier molecular flexibility index (Phi) is 4.68. The highest BCUT2D eigenvalue weighted by Gasteiger charge is 2.14. The maximum absolute atomic E-state index is 13.3. The molecule has 1 unspecified atom stereocenters. The van der Waals surface area contributed by atoms with E-state index in [1.807, 2.05) is 18.5 Å². The van der Waals surface area contributed by atoms with Crippen LogP contribution in [0.4, 0.5) is 4.39 Å². The van der Waals surface area contributed by atoms with Gasteiger partial charge in [-0.15, -0.1) is 0 Å². The number of rotatable bonds is 6. The van der Waals surface area contributed by atoms with Crippen LogP contribution in [-0.2, 0) is 13.0 Å². The van der Waals surface area contributed by atoms with Crippen LogP contribution in [0.3, 0.4) is 0 Å². The lowest BCUT2D eigenvalue weighted by Crippen LogP contribution is -2.24. The zero-order chi connectivity index (χ0) is 13.7. The maximum atomic E-state index is 13.3. The van der Waals surface area contributed by atoms with Gasteiger partial charge in [0.15, 0.2) is 0 Å². The number of halogens is 1. The van der Waals surface area contributed by atoms with Gasteiger partial charge in [-0.3, -0.25) is 0 Å². The average Bonchev–Trinajstić information content (AvgIpc) is 2.85. The summed E-state index contributed by atoms with van der Waals surface area (Å²) < 4.78 is 15.5. The number of hydrogen-bond acceptors (Lipinski definition) is 2. The zero-order valence-electron chi connectivity index (χ0n) is 11.4. The summed E-state index contributed by atoms with van der Waals surface area (Å²) >= 11 is 0. The molecule has 2 rings (SSSR count). The van der Waals surface area contributed by atoms with Crippen LogP contribution in [0.25, 0.3) is 0 Å². The molecule has 1 heterocycles. The van der Waals surface area contributed by atoms with Gasteiger partial charge in [0.1, 0.15) is 11.6 Å². The fourth-order valence-corrected chi connectivity index (χ4v) is 2.28. The summed E-state index contributed by atoms with van der Waals surface area (Å²) in [5, 5.41) is 3.40. The Morgan fingerprint density at radius 1 is 1.37 bits per heavy atom. The number of nitrogens with one attached hydrogen (secondary N) is 1. The van der Waals surface area contributed by atoms with Crippen molar-refractivity contribution in [3.8, 4) is 0 Å². The lowest BCUT2D eigenvalue weighted by atomic mass is 10.0. The summed E-state index contributed by atoms with van der Waals surface area (Å²) in [5.74, 6) is 0.831. The van der Waals surface area contributed by atoms with Crippen molar-refractivity contribution in [1.29, 1.82) is 0 Å². The van der Waals surface area contributed by atoms with Crippen molar-refractivity contribution >= 4 is 0 Å². The van der Waals surface area contributed by atoms with E-state index >= 15 is 0 Å². The van der Waals surface area contributed by atoms with E-state index in [1.165, 1.54) is 6.07 Å². The molecule has 0 saturated carbocycles. The molecule has 1 N–H and O–H groups in total. The molecule has 0 radical (unpaired) electrons. The van der Waals surface area contributed by atoms with Crippen molar-refractivity contribution in [1.82, 2.24) is 14.9 Å². The van der Waals surface area contributed by atoms with Crippen LogP contribution >= 0.6 is 0 Å². The molecule has 1 aromatic carbocycles. The lowest BCUT2D eigenvalue weighted by molar-refractivity contribution is 0.517. The van der Waals surface area contributed by atoms with Crippen LogP contribution in [0.15, 0.2) is 36.7 Å². The van der Waals surface area contributed by atoms with Gasteiger partial charge < -0.3 is 9.88 Å². The minimum absolute atomic E-state index is 0.0911. The Labute approximate surface area is 113 Å². The number of imidazole rings is 1. The predicted molar refractivity (Wildman–Crippen MR) is 74.4 cm³/mol. The Morgan fingerprint density at radius 3 is 2.89 bits per heavy atom. The normalized spacial score (nSPS) is 12.6. The summed E-state index contributed by atoms with van der Waals surface area (Å²) in [6, 6.07) is 6.86. The first-order chi connectivity index (χ1) is 9.24. The number of benzene rings is 1. The lowest BCUT2D eigenvalue weighted by Gasteiger charge is -2.18. The molecule has 19 heavy (non-hydrogen) atoms. The van der Waals surface area contributed by atoms with Crippen molar-refractivity contribution in [2.24, 2.45) is 0 Å². The van der Waals surface area contributed by atoms with Crippen LogP contribution in [0.5, 0.6) is 0 Å². The molecule has 1 atom stereocenters. The van der Waals surface area contributed by atoms with Gasteiger partial charge in [-0.2, -0.15) is 0 Å². The molecule has 0 aliphatic rings. The first kappa shape index (κ1) is 13.7. The molecular formula is C15H20FN3. The third-order valence-corrected chi connectivity index (χ3v) is 3.23. The summed E-state index contributed by atoms with van der Waals surface area (Å²) in [6.45, 7) is 5.89. The molecule has 1 aromatic heterocycles. The van der Waals surface area contributed by atoms with Crippen molar-refractivity contribution in [3.63, 3.8) is 0 Å². The van der Waals surface area contributed by atoms with Crippen LogP contribution < -0.4 is 5.32 Å². The number of nitrogens with zero attached hydrogens (tertiary/aromatic N) is 2. The molecule has 0 saturated heterocycles. The molecular weight excluding hydrogens is 241 g/mol. The number of hydrogen-bond donors (Lipinski definition) is 1. The van der Waals surface area contributed by atoms with Gasteiger partial charge in [0.25, 0.3) is 0 Å².